The van der Waals surface area contributed by atoms with Crippen LogP contribution in [0.4, 0.5) is 0 Å². The van der Waals surface area contributed by atoms with Gasteiger partial charge in [-0.25, -0.2) is 4.98 Å². The Morgan fingerprint density at radius 2 is 1.61 bits per heavy atom. The van der Waals surface area contributed by atoms with Crippen molar-refractivity contribution in [1.82, 2.24) is 14.4 Å². The number of carbonyl (C=O) groups excluding carboxylic acids is 1. The van der Waals surface area contributed by atoms with Crippen molar-refractivity contribution in [3.05, 3.63) is 90.5 Å². The molecule has 51 heavy (non-hydrogen) atoms. The van der Waals surface area contributed by atoms with E-state index >= 15 is 0 Å². The molecule has 1 aliphatic heterocycles. The topological polar surface area (TPSA) is 67.5 Å². The molecule has 8 rings (SSSR count). The van der Waals surface area contributed by atoms with Crippen LogP contribution in [0.25, 0.3) is 59.9 Å². The number of hydrogen-bond donors (Lipinski definition) is 1. The van der Waals surface area contributed by atoms with Crippen LogP contribution in [0, 0.1) is 17.9 Å². The Morgan fingerprint density at radius 3 is 2.31 bits per heavy atom. The maximum absolute atomic E-state index is 11.7. The molecule has 1 saturated heterocycles. The summed E-state index contributed by atoms with van der Waals surface area (Å²) >= 11 is 0. The van der Waals surface area contributed by atoms with Crippen molar-refractivity contribution < 1.29 is 30.0 Å². The second-order valence-corrected chi connectivity index (χ2v) is 20.6. The molecule has 0 amide bonds. The summed E-state index contributed by atoms with van der Waals surface area (Å²) in [4.78, 5) is 21.1. The van der Waals surface area contributed by atoms with Crippen LogP contribution >= 0.6 is 0 Å². The first-order chi connectivity index (χ1) is 24.2. The molecule has 0 unspecified atom stereocenters. The minimum absolute atomic E-state index is 0. The first-order valence-corrected chi connectivity index (χ1v) is 22.2. The van der Waals surface area contributed by atoms with E-state index in [9.17, 15) is 9.90 Å². The first kappa shape index (κ1) is 37.1. The predicted octanol–water partition coefficient (Wildman–Crippen LogP) is 12.2. The zero-order valence-electron chi connectivity index (χ0n) is 30.8. The van der Waals surface area contributed by atoms with Gasteiger partial charge in [-0.3, -0.25) is 9.78 Å². The number of carbonyl (C=O) groups is 1. The van der Waals surface area contributed by atoms with Crippen LogP contribution in [-0.4, -0.2) is 33.3 Å². The van der Waals surface area contributed by atoms with Gasteiger partial charge in [0, 0.05) is 73.3 Å². The Kier molecular flexibility index (Phi) is 11.0. The number of allylic oxidation sites excluding steroid dienone is 2. The van der Waals surface area contributed by atoms with E-state index in [4.69, 9.17) is 4.98 Å². The summed E-state index contributed by atoms with van der Waals surface area (Å²) in [6.45, 7) is 13.2. The van der Waals surface area contributed by atoms with Gasteiger partial charge in [0.25, 0.3) is 0 Å². The number of aliphatic hydroxyl groups is 1. The third kappa shape index (κ3) is 6.85. The summed E-state index contributed by atoms with van der Waals surface area (Å²) in [5.41, 5.74) is 7.17. The summed E-state index contributed by atoms with van der Waals surface area (Å²) in [6, 6.07) is 29.1. The van der Waals surface area contributed by atoms with Crippen molar-refractivity contribution in [3.63, 3.8) is 0 Å². The second-order valence-electron chi connectivity index (χ2n) is 15.2. The quantitative estimate of drug-likeness (QED) is 0.0412. The van der Waals surface area contributed by atoms with E-state index in [1.807, 2.05) is 27.7 Å². The molecule has 1 fully saturated rings. The van der Waals surface area contributed by atoms with Gasteiger partial charge in [-0.15, -0.1) is 17.5 Å². The van der Waals surface area contributed by atoms with E-state index in [1.54, 1.807) is 6.33 Å². The van der Waals surface area contributed by atoms with E-state index < -0.39 is 8.07 Å². The number of rotatable bonds is 8. The number of aliphatic hydroxyl groups excluding tert-OH is 1. The largest absolute Gasteiger partial charge is 0.512 e. The van der Waals surface area contributed by atoms with Crippen molar-refractivity contribution in [2.75, 3.05) is 0 Å². The van der Waals surface area contributed by atoms with Crippen LogP contribution in [0.3, 0.4) is 0 Å². The average Bonchev–Trinajstić information content (AvgIpc) is 3.46. The molecule has 0 saturated carbocycles. The summed E-state index contributed by atoms with van der Waals surface area (Å²) in [5, 5.41) is 16.9. The van der Waals surface area contributed by atoms with Gasteiger partial charge in [0.15, 0.2) is 5.78 Å². The minimum Gasteiger partial charge on any atom is -0.512 e. The third-order valence-electron chi connectivity index (χ3n) is 11.7. The van der Waals surface area contributed by atoms with Gasteiger partial charge >= 0.3 is 0 Å². The number of benzene rings is 4. The molecule has 4 aromatic carbocycles. The van der Waals surface area contributed by atoms with Gasteiger partial charge in [0.05, 0.1) is 16.8 Å². The summed E-state index contributed by atoms with van der Waals surface area (Å²) < 4.78 is 2.45. The average molecular weight is 873 g/mol. The number of nitrogens with zero attached hydrogens (tertiary/aromatic N) is 3. The van der Waals surface area contributed by atoms with Gasteiger partial charge in [-0.05, 0) is 73.7 Å². The number of pyridine rings is 1. The molecule has 0 bridgehead atoms. The molecule has 267 valence electrons. The molecule has 5 nitrogen and oxygen atoms in total. The van der Waals surface area contributed by atoms with Crippen molar-refractivity contribution >= 4 is 73.8 Å². The van der Waals surface area contributed by atoms with E-state index in [-0.39, 0.29) is 43.5 Å². The van der Waals surface area contributed by atoms with Crippen LogP contribution in [-0.2, 0) is 24.9 Å². The number of aromatic nitrogens is 3. The molecule has 0 aliphatic carbocycles. The smallest absolute Gasteiger partial charge is 0.162 e. The molecular weight excluding hydrogens is 823 g/mol. The Hall–Kier alpha value is -3.64. The van der Waals surface area contributed by atoms with Crippen molar-refractivity contribution in [3.8, 4) is 0 Å². The molecule has 0 atom stereocenters. The summed E-state index contributed by atoms with van der Waals surface area (Å²) in [7, 11) is -0.972. The number of fused-ring (bicyclic) bond motifs is 7. The summed E-state index contributed by atoms with van der Waals surface area (Å²) in [6.07, 6.45) is 9.28. The Morgan fingerprint density at radius 1 is 0.902 bits per heavy atom. The number of ketones is 1. The van der Waals surface area contributed by atoms with Crippen molar-refractivity contribution in [2.45, 2.75) is 97.3 Å². The molecule has 0 spiro atoms. The normalized spacial score (nSPS) is 15.4. The fourth-order valence-electron chi connectivity index (χ4n) is 8.39. The molecule has 4 heterocycles. The van der Waals surface area contributed by atoms with Crippen LogP contribution < -0.4 is 0 Å². The van der Waals surface area contributed by atoms with Crippen LogP contribution in [0.2, 0.25) is 25.2 Å². The van der Waals surface area contributed by atoms with Crippen LogP contribution in [0.15, 0.2) is 78.8 Å². The SMILES string of the molecule is CCC(CC)C(=O)/C=C(\O)C(CC)CC.C[Si]1(C)CCC(c2ccc3c(c2)c2ccc4ncnc5c6[c-]c7ccccc7cc6n3c2c45)CC1.[Ir]. The fourth-order valence-corrected chi connectivity index (χ4v) is 10.9. The van der Waals surface area contributed by atoms with Crippen molar-refractivity contribution in [1.29, 1.82) is 0 Å². The van der Waals surface area contributed by atoms with Gasteiger partial charge < -0.3 is 9.51 Å². The predicted molar refractivity (Wildman–Crippen MR) is 213 cm³/mol. The maximum Gasteiger partial charge on any atom is 0.162 e. The second kappa shape index (κ2) is 15.1. The molecule has 1 radical (unpaired) electrons. The van der Waals surface area contributed by atoms with E-state index in [0.29, 0.717) is 5.92 Å². The Bertz CT molecular complexity index is 2360. The standard InChI is InChI=1S/C31H26N3Si.C13H24O2.Ir/c1-35(2)13-11-19(12-14-35)22-7-10-27-24(15-22)23-8-9-26-29-30(33-18-32-26)25-16-20-5-3-4-6-21(20)17-28(25)34(27)31(23)29;1-5-10(6-2)12(14)9-13(15)11(7-3)8-4;/h3-10,15,17-19H,11-14H2,1-2H3;9-11,14H,5-8H2,1-4H3;/q-1;;/b;12-9-;. The molecule has 1 N–H and O–H groups in total. The minimum atomic E-state index is -0.972. The molecular formula is C44H50IrN3O2Si-. The monoisotopic (exact) mass is 873 g/mol. The van der Waals surface area contributed by atoms with Gasteiger partial charge in [-0.1, -0.05) is 100 Å². The summed E-state index contributed by atoms with van der Waals surface area (Å²) in [5.74, 6) is 1.23. The Labute approximate surface area is 316 Å². The van der Waals surface area contributed by atoms with E-state index in [2.05, 4.69) is 89.2 Å². The third-order valence-corrected chi connectivity index (χ3v) is 15.0. The van der Waals surface area contributed by atoms with Crippen molar-refractivity contribution in [2.24, 2.45) is 11.8 Å². The van der Waals surface area contributed by atoms with Gasteiger partial charge in [0.1, 0.15) is 6.33 Å². The molecule has 7 aromatic rings. The number of hydrogen-bond acceptors (Lipinski definition) is 4. The zero-order chi connectivity index (χ0) is 35.2. The first-order valence-electron chi connectivity index (χ1n) is 18.8. The van der Waals surface area contributed by atoms with Gasteiger partial charge in [0.2, 0.25) is 0 Å². The van der Waals surface area contributed by atoms with E-state index in [1.165, 1.54) is 69.3 Å². The molecule has 7 heteroatoms. The maximum atomic E-state index is 11.7. The molecule has 1 aliphatic rings. The molecule has 3 aromatic heterocycles. The van der Waals surface area contributed by atoms with Gasteiger partial charge in [-0.2, -0.15) is 0 Å². The van der Waals surface area contributed by atoms with Crippen LogP contribution in [0.1, 0.15) is 77.7 Å². The zero-order valence-corrected chi connectivity index (χ0v) is 34.2. The van der Waals surface area contributed by atoms with E-state index in [0.717, 1.165) is 52.9 Å². The van der Waals surface area contributed by atoms with Crippen LogP contribution in [0.5, 0.6) is 0 Å². The Balaban J connectivity index is 0.000000241. The fraction of sp³-hybridized carbons (Fsp3) is 0.386.